The fraction of sp³-hybridized carbons (Fsp3) is 0.261. The van der Waals surface area contributed by atoms with Gasteiger partial charge >= 0.3 is 0 Å². The molecular weight excluding hydrogens is 422 g/mol. The van der Waals surface area contributed by atoms with Gasteiger partial charge in [-0.15, -0.1) is 0 Å². The predicted octanol–water partition coefficient (Wildman–Crippen LogP) is 1.90. The number of aryl methyl sites for hydroxylation is 1. The zero-order valence-corrected chi connectivity index (χ0v) is 18.5. The van der Waals surface area contributed by atoms with Crippen molar-refractivity contribution in [3.8, 4) is 34.6 Å². The molecule has 33 heavy (non-hydrogen) atoms. The number of rotatable bonds is 5. The Morgan fingerprint density at radius 1 is 1.24 bits per heavy atom. The number of anilines is 1. The molecule has 10 heteroatoms. The predicted molar refractivity (Wildman–Crippen MR) is 122 cm³/mol. The van der Waals surface area contributed by atoms with Gasteiger partial charge in [0.25, 0.3) is 0 Å². The third-order valence-corrected chi connectivity index (χ3v) is 4.87. The number of hydrogen-bond donors (Lipinski definition) is 3. The molecule has 3 aromatic heterocycles. The van der Waals surface area contributed by atoms with Crippen LogP contribution in [0.2, 0.25) is 0 Å². The molecule has 1 amide bonds. The van der Waals surface area contributed by atoms with E-state index in [-0.39, 0.29) is 12.2 Å². The maximum atomic E-state index is 11.4. The molecule has 0 saturated heterocycles. The van der Waals surface area contributed by atoms with E-state index in [9.17, 15) is 9.90 Å². The van der Waals surface area contributed by atoms with Gasteiger partial charge in [0, 0.05) is 12.1 Å². The smallest absolute Gasteiger partial charge is 0.221 e. The molecular formula is C23H23N7O3. The Labute approximate surface area is 189 Å². The zero-order valence-electron chi connectivity index (χ0n) is 18.5. The van der Waals surface area contributed by atoms with Gasteiger partial charge in [-0.05, 0) is 54.7 Å². The molecule has 0 aliphatic heterocycles. The third-order valence-electron chi connectivity index (χ3n) is 4.87. The highest BCUT2D eigenvalue weighted by molar-refractivity contribution is 5.88. The number of benzene rings is 1. The molecule has 0 bridgehead atoms. The highest BCUT2D eigenvalue weighted by Crippen LogP contribution is 2.31. The first-order chi connectivity index (χ1) is 15.7. The second kappa shape index (κ2) is 8.37. The molecule has 4 aromatic rings. The number of aliphatic hydroxyl groups is 1. The summed E-state index contributed by atoms with van der Waals surface area (Å²) < 4.78 is 6.68. The summed E-state index contributed by atoms with van der Waals surface area (Å²) in [6.45, 7) is 5.70. The van der Waals surface area contributed by atoms with Crippen LogP contribution in [-0.2, 0) is 17.8 Å². The third kappa shape index (κ3) is 4.53. The molecule has 3 heterocycles. The first kappa shape index (κ1) is 22.0. The summed E-state index contributed by atoms with van der Waals surface area (Å²) in [6, 6.07) is 9.30. The van der Waals surface area contributed by atoms with E-state index in [1.165, 1.54) is 0 Å². The molecule has 0 aliphatic carbocycles. The van der Waals surface area contributed by atoms with Crippen LogP contribution in [0.15, 0.2) is 35.0 Å². The molecule has 0 spiro atoms. The average molecular weight is 445 g/mol. The molecule has 168 valence electrons. The van der Waals surface area contributed by atoms with E-state index in [1.54, 1.807) is 13.8 Å². The maximum absolute atomic E-state index is 11.4. The Kier molecular flexibility index (Phi) is 5.57. The minimum Gasteiger partial charge on any atom is -0.379 e. The van der Waals surface area contributed by atoms with Gasteiger partial charge in [0.05, 0.1) is 17.6 Å². The summed E-state index contributed by atoms with van der Waals surface area (Å²) in [6.07, 6.45) is 0.122. The van der Waals surface area contributed by atoms with Crippen LogP contribution in [0.1, 0.15) is 32.0 Å². The van der Waals surface area contributed by atoms with Crippen molar-refractivity contribution < 1.29 is 14.5 Å². The highest BCUT2D eigenvalue weighted by Gasteiger charge is 2.21. The van der Waals surface area contributed by atoms with Crippen LogP contribution < -0.4 is 11.5 Å². The van der Waals surface area contributed by atoms with Crippen LogP contribution in [-0.4, -0.2) is 41.5 Å². The van der Waals surface area contributed by atoms with Gasteiger partial charge in [0.15, 0.2) is 17.3 Å². The van der Waals surface area contributed by atoms with E-state index in [2.05, 4.69) is 22.2 Å². The molecule has 0 saturated carbocycles. The van der Waals surface area contributed by atoms with Crippen molar-refractivity contribution in [1.29, 1.82) is 0 Å². The molecule has 4 rings (SSSR count). The zero-order chi connectivity index (χ0) is 23.8. The van der Waals surface area contributed by atoms with Gasteiger partial charge in [-0.1, -0.05) is 24.1 Å². The fourth-order valence-corrected chi connectivity index (χ4v) is 3.46. The van der Waals surface area contributed by atoms with E-state index in [1.807, 2.05) is 41.8 Å². The Morgan fingerprint density at radius 3 is 2.67 bits per heavy atom. The van der Waals surface area contributed by atoms with Gasteiger partial charge < -0.3 is 21.1 Å². The van der Waals surface area contributed by atoms with E-state index in [0.29, 0.717) is 35.0 Å². The Balaban J connectivity index is 1.99. The van der Waals surface area contributed by atoms with E-state index in [4.69, 9.17) is 26.1 Å². The summed E-state index contributed by atoms with van der Waals surface area (Å²) in [5.41, 5.74) is 14.2. The summed E-state index contributed by atoms with van der Waals surface area (Å²) in [7, 11) is 0. The van der Waals surface area contributed by atoms with E-state index < -0.39 is 11.5 Å². The number of imidazole rings is 1. The summed E-state index contributed by atoms with van der Waals surface area (Å²) in [5.74, 6) is 5.93. The number of primary amides is 1. The first-order valence-corrected chi connectivity index (χ1v) is 10.3. The van der Waals surface area contributed by atoms with Crippen LogP contribution in [0.3, 0.4) is 0 Å². The van der Waals surface area contributed by atoms with Crippen molar-refractivity contribution in [1.82, 2.24) is 24.8 Å². The number of aromatic nitrogens is 5. The Morgan fingerprint density at radius 2 is 2.03 bits per heavy atom. The Bertz CT molecular complexity index is 1420. The molecule has 10 nitrogen and oxygen atoms in total. The second-order valence-electron chi connectivity index (χ2n) is 8.05. The van der Waals surface area contributed by atoms with Crippen molar-refractivity contribution in [3.05, 3.63) is 41.6 Å². The van der Waals surface area contributed by atoms with Gasteiger partial charge in [-0.2, -0.15) is 0 Å². The summed E-state index contributed by atoms with van der Waals surface area (Å²) in [5, 5.41) is 17.7. The number of carbonyl (C=O) groups excluding carboxylic acids is 1. The lowest BCUT2D eigenvalue weighted by Crippen LogP contribution is -2.14. The molecule has 0 aliphatic rings. The van der Waals surface area contributed by atoms with Gasteiger partial charge in [-0.3, -0.25) is 4.79 Å². The second-order valence-corrected chi connectivity index (χ2v) is 8.05. The molecule has 0 unspecified atom stereocenters. The van der Waals surface area contributed by atoms with Crippen molar-refractivity contribution in [2.45, 2.75) is 39.3 Å². The van der Waals surface area contributed by atoms with Gasteiger partial charge in [0.2, 0.25) is 5.91 Å². The topological polar surface area (TPSA) is 159 Å². The maximum Gasteiger partial charge on any atom is 0.221 e. The summed E-state index contributed by atoms with van der Waals surface area (Å²) in [4.78, 5) is 20.8. The number of nitrogen functional groups attached to an aromatic ring is 1. The van der Waals surface area contributed by atoms with Crippen molar-refractivity contribution in [2.75, 3.05) is 5.73 Å². The minimum atomic E-state index is -1.22. The van der Waals surface area contributed by atoms with Crippen molar-refractivity contribution >= 4 is 22.8 Å². The van der Waals surface area contributed by atoms with Crippen LogP contribution in [0.4, 0.5) is 5.82 Å². The first-order valence-electron chi connectivity index (χ1n) is 10.3. The fourth-order valence-electron chi connectivity index (χ4n) is 3.46. The lowest BCUT2D eigenvalue weighted by atomic mass is 10.0. The average Bonchev–Trinajstić information content (AvgIpc) is 3.33. The van der Waals surface area contributed by atoms with Crippen LogP contribution in [0, 0.1) is 11.8 Å². The largest absolute Gasteiger partial charge is 0.379 e. The standard InChI is InChI=1S/C23H23N7O3/c1-4-30-17-12-16(14-7-5-6-13(10-14)11-18(24)31)26-15(8-9-23(2,3)32)19(17)27-22(30)20-21(25)29-33-28-20/h5-7,10,12,32H,4,11H2,1-3H3,(H2,24,31)(H2,25,29). The van der Waals surface area contributed by atoms with Crippen molar-refractivity contribution in [2.24, 2.45) is 5.73 Å². The van der Waals surface area contributed by atoms with Crippen LogP contribution in [0.5, 0.6) is 0 Å². The molecule has 1 aromatic carbocycles. The van der Waals surface area contributed by atoms with Crippen molar-refractivity contribution in [3.63, 3.8) is 0 Å². The normalized spacial score (nSPS) is 11.4. The number of amides is 1. The van der Waals surface area contributed by atoms with Crippen LogP contribution >= 0.6 is 0 Å². The minimum absolute atomic E-state index is 0.122. The molecule has 0 fully saturated rings. The molecule has 0 atom stereocenters. The van der Waals surface area contributed by atoms with Crippen LogP contribution in [0.25, 0.3) is 33.8 Å². The lowest BCUT2D eigenvalue weighted by Gasteiger charge is -2.09. The quantitative estimate of drug-likeness (QED) is 0.393. The van der Waals surface area contributed by atoms with E-state index in [0.717, 1.165) is 16.6 Å². The van der Waals surface area contributed by atoms with E-state index >= 15 is 0 Å². The molecule has 0 radical (unpaired) electrons. The van der Waals surface area contributed by atoms with Gasteiger partial charge in [0.1, 0.15) is 16.8 Å². The number of nitrogens with two attached hydrogens (primary N) is 2. The number of fused-ring (bicyclic) bond motifs is 1. The number of carbonyl (C=O) groups is 1. The lowest BCUT2D eigenvalue weighted by molar-refractivity contribution is -0.117. The van der Waals surface area contributed by atoms with Gasteiger partial charge in [-0.25, -0.2) is 14.6 Å². The molecule has 5 N–H and O–H groups in total. The highest BCUT2D eigenvalue weighted by atomic mass is 16.6. The SMILES string of the molecule is CCn1c(-c2nonc2N)nc2c(C#CC(C)(C)O)nc(-c3cccc(CC(N)=O)c3)cc21. The number of hydrogen-bond acceptors (Lipinski definition) is 8. The number of nitrogens with zero attached hydrogens (tertiary/aromatic N) is 5. The summed E-state index contributed by atoms with van der Waals surface area (Å²) >= 11 is 0. The Hall–Kier alpha value is -4.23. The number of pyridine rings is 1. The monoisotopic (exact) mass is 445 g/mol.